The summed E-state index contributed by atoms with van der Waals surface area (Å²) in [5.41, 5.74) is 3.12. The van der Waals surface area contributed by atoms with Crippen LogP contribution in [-0.4, -0.2) is 56.2 Å². The maximum atomic E-state index is 13.2. The van der Waals surface area contributed by atoms with E-state index in [2.05, 4.69) is 6.92 Å². The molecule has 34 heavy (non-hydrogen) atoms. The number of benzene rings is 2. The first-order valence-corrected chi connectivity index (χ1v) is 13.9. The number of amides is 2. The van der Waals surface area contributed by atoms with E-state index in [0.717, 1.165) is 43.2 Å². The van der Waals surface area contributed by atoms with Gasteiger partial charge in [-0.2, -0.15) is 0 Å². The number of piperazine rings is 1. The third-order valence-corrected chi connectivity index (χ3v) is 8.49. The molecule has 1 saturated heterocycles. The fraction of sp³-hybridized carbons (Fsp3) is 0.481. The number of rotatable bonds is 8. The molecule has 0 unspecified atom stereocenters. The summed E-state index contributed by atoms with van der Waals surface area (Å²) in [4.78, 5) is 29.3. The quantitative estimate of drug-likeness (QED) is 0.570. The zero-order chi connectivity index (χ0) is 24.3. The summed E-state index contributed by atoms with van der Waals surface area (Å²) in [7, 11) is -3.59. The number of carbonyl (C=O) groups excluding carboxylic acids is 2. The van der Waals surface area contributed by atoms with E-state index in [0.29, 0.717) is 31.7 Å². The van der Waals surface area contributed by atoms with Gasteiger partial charge < -0.3 is 9.80 Å². The maximum Gasteiger partial charge on any atom is 0.254 e. The van der Waals surface area contributed by atoms with E-state index in [-0.39, 0.29) is 28.4 Å². The average Bonchev–Trinajstić information content (AvgIpc) is 3.68. The fourth-order valence-corrected chi connectivity index (χ4v) is 5.77. The van der Waals surface area contributed by atoms with Gasteiger partial charge in [0.05, 0.1) is 10.6 Å². The highest BCUT2D eigenvalue weighted by Crippen LogP contribution is 2.31. The summed E-state index contributed by atoms with van der Waals surface area (Å²) in [5, 5.41) is 0. The van der Waals surface area contributed by atoms with E-state index in [1.54, 1.807) is 17.0 Å². The van der Waals surface area contributed by atoms with Crippen LogP contribution in [0.5, 0.6) is 0 Å². The predicted octanol–water partition coefficient (Wildman–Crippen LogP) is 4.01. The molecule has 1 aliphatic carbocycles. The number of nitrogens with zero attached hydrogens (tertiary/aromatic N) is 2. The molecule has 0 spiro atoms. The molecule has 2 fully saturated rings. The van der Waals surface area contributed by atoms with Gasteiger partial charge in [0.1, 0.15) is 0 Å². The number of unbranched alkanes of at least 4 members (excludes halogenated alkanes) is 1. The Morgan fingerprint density at radius 1 is 0.912 bits per heavy atom. The summed E-state index contributed by atoms with van der Waals surface area (Å²) in [6, 6.07) is 12.6. The third kappa shape index (κ3) is 5.69. The highest BCUT2D eigenvalue weighted by Gasteiger charge is 2.35. The van der Waals surface area contributed by atoms with E-state index >= 15 is 0 Å². The van der Waals surface area contributed by atoms with Gasteiger partial charge in [0.15, 0.2) is 9.84 Å². The van der Waals surface area contributed by atoms with Crippen molar-refractivity contribution in [1.29, 1.82) is 0 Å². The highest BCUT2D eigenvalue weighted by molar-refractivity contribution is 7.90. The number of aryl methyl sites for hydroxylation is 2. The normalized spacial score (nSPS) is 16.5. The van der Waals surface area contributed by atoms with E-state index in [1.807, 2.05) is 36.1 Å². The molecule has 1 aliphatic heterocycles. The number of hydrogen-bond donors (Lipinski definition) is 0. The molecule has 2 aromatic carbocycles. The third-order valence-electron chi connectivity index (χ3n) is 6.80. The fourth-order valence-electron chi connectivity index (χ4n) is 4.40. The van der Waals surface area contributed by atoms with Gasteiger partial charge in [0, 0.05) is 37.7 Å². The van der Waals surface area contributed by atoms with Gasteiger partial charge in [-0.15, -0.1) is 0 Å². The van der Waals surface area contributed by atoms with Crippen molar-refractivity contribution in [2.24, 2.45) is 5.92 Å². The molecule has 7 heteroatoms. The molecule has 4 rings (SSSR count). The first-order valence-electron chi connectivity index (χ1n) is 12.3. The standard InChI is InChI=1S/C27H34N2O4S/c1-3-4-5-21-7-9-22(10-8-21)19-34(32,33)24-13-6-20(2)25(18-24)27(31)29-16-14-28(15-17-29)26(30)23-11-12-23/h6-10,13,18,23H,3-5,11-12,14-17,19H2,1-2H3. The Morgan fingerprint density at radius 2 is 1.53 bits per heavy atom. The van der Waals surface area contributed by atoms with Crippen molar-refractivity contribution in [3.8, 4) is 0 Å². The van der Waals surface area contributed by atoms with E-state index in [9.17, 15) is 18.0 Å². The largest absolute Gasteiger partial charge is 0.339 e. The lowest BCUT2D eigenvalue weighted by molar-refractivity contribution is -0.134. The van der Waals surface area contributed by atoms with Crippen LogP contribution in [0.4, 0.5) is 0 Å². The molecule has 1 saturated carbocycles. The predicted molar refractivity (Wildman–Crippen MR) is 132 cm³/mol. The summed E-state index contributed by atoms with van der Waals surface area (Å²) >= 11 is 0. The van der Waals surface area contributed by atoms with Gasteiger partial charge in [-0.1, -0.05) is 43.7 Å². The average molecular weight is 483 g/mol. The summed E-state index contributed by atoms with van der Waals surface area (Å²) in [6.07, 6.45) is 5.18. The van der Waals surface area contributed by atoms with Crippen molar-refractivity contribution < 1.29 is 18.0 Å². The molecule has 0 aromatic heterocycles. The zero-order valence-corrected chi connectivity index (χ0v) is 20.9. The summed E-state index contributed by atoms with van der Waals surface area (Å²) in [5.74, 6) is 0.113. The Labute approximate surface area is 202 Å². The molecule has 182 valence electrons. The second kappa shape index (κ2) is 10.3. The molecule has 1 heterocycles. The van der Waals surface area contributed by atoms with Crippen molar-refractivity contribution >= 4 is 21.7 Å². The van der Waals surface area contributed by atoms with Crippen LogP contribution in [0.3, 0.4) is 0 Å². The van der Waals surface area contributed by atoms with Crippen molar-refractivity contribution in [1.82, 2.24) is 9.80 Å². The molecular formula is C27H34N2O4S. The molecule has 2 amide bonds. The first-order chi connectivity index (χ1) is 16.3. The van der Waals surface area contributed by atoms with Gasteiger partial charge in [-0.25, -0.2) is 8.42 Å². The lowest BCUT2D eigenvalue weighted by atomic mass is 10.1. The molecule has 0 radical (unpaired) electrons. The maximum absolute atomic E-state index is 13.2. The first kappa shape index (κ1) is 24.5. The Bertz CT molecular complexity index is 1150. The number of hydrogen-bond acceptors (Lipinski definition) is 4. The summed E-state index contributed by atoms with van der Waals surface area (Å²) in [6.45, 7) is 5.98. The minimum absolute atomic E-state index is 0.0975. The Hall–Kier alpha value is -2.67. The lowest BCUT2D eigenvalue weighted by Crippen LogP contribution is -2.51. The van der Waals surface area contributed by atoms with Gasteiger partial charge in [-0.3, -0.25) is 9.59 Å². The molecule has 0 N–H and O–H groups in total. The number of carbonyl (C=O) groups is 2. The Balaban J connectivity index is 1.44. The van der Waals surface area contributed by atoms with Gasteiger partial charge >= 0.3 is 0 Å². The van der Waals surface area contributed by atoms with Gasteiger partial charge in [0.25, 0.3) is 5.91 Å². The monoisotopic (exact) mass is 482 g/mol. The van der Waals surface area contributed by atoms with Gasteiger partial charge in [-0.05, 0) is 61.4 Å². The smallest absolute Gasteiger partial charge is 0.254 e. The SMILES string of the molecule is CCCCc1ccc(CS(=O)(=O)c2ccc(C)c(C(=O)N3CCN(C(=O)C4CC4)CC3)c2)cc1. The summed E-state index contributed by atoms with van der Waals surface area (Å²) < 4.78 is 26.3. The van der Waals surface area contributed by atoms with E-state index < -0.39 is 9.84 Å². The van der Waals surface area contributed by atoms with Gasteiger partial charge in [0.2, 0.25) is 5.91 Å². The molecule has 2 aromatic rings. The van der Waals surface area contributed by atoms with Crippen LogP contribution < -0.4 is 0 Å². The molecule has 2 aliphatic rings. The van der Waals surface area contributed by atoms with Crippen molar-refractivity contribution in [2.75, 3.05) is 26.2 Å². The lowest BCUT2D eigenvalue weighted by Gasteiger charge is -2.35. The van der Waals surface area contributed by atoms with Crippen molar-refractivity contribution in [2.45, 2.75) is 56.6 Å². The minimum atomic E-state index is -3.59. The second-order valence-corrected chi connectivity index (χ2v) is 11.5. The van der Waals surface area contributed by atoms with Crippen LogP contribution in [-0.2, 0) is 26.8 Å². The highest BCUT2D eigenvalue weighted by atomic mass is 32.2. The van der Waals surface area contributed by atoms with Crippen LogP contribution in [0.25, 0.3) is 0 Å². The van der Waals surface area contributed by atoms with Crippen molar-refractivity contribution in [3.05, 3.63) is 64.7 Å². The van der Waals surface area contributed by atoms with E-state index in [4.69, 9.17) is 0 Å². The van der Waals surface area contributed by atoms with Crippen LogP contribution in [0.15, 0.2) is 47.4 Å². The van der Waals surface area contributed by atoms with Crippen molar-refractivity contribution in [3.63, 3.8) is 0 Å². The van der Waals surface area contributed by atoms with Crippen LogP contribution in [0.1, 0.15) is 59.7 Å². The zero-order valence-electron chi connectivity index (χ0n) is 20.1. The molecular weight excluding hydrogens is 448 g/mol. The van der Waals surface area contributed by atoms with Crippen LogP contribution in [0, 0.1) is 12.8 Å². The topological polar surface area (TPSA) is 74.8 Å². The Kier molecular flexibility index (Phi) is 7.41. The molecule has 0 bridgehead atoms. The minimum Gasteiger partial charge on any atom is -0.339 e. The molecule has 6 nitrogen and oxygen atoms in total. The molecule has 0 atom stereocenters. The number of sulfone groups is 1. The second-order valence-electron chi connectivity index (χ2n) is 9.55. The van der Waals surface area contributed by atoms with Crippen LogP contribution >= 0.6 is 0 Å². The van der Waals surface area contributed by atoms with E-state index in [1.165, 1.54) is 11.6 Å². The van der Waals surface area contributed by atoms with Crippen LogP contribution in [0.2, 0.25) is 0 Å². The Morgan fingerprint density at radius 3 is 2.15 bits per heavy atom.